The lowest BCUT2D eigenvalue weighted by atomic mass is 10.1. The highest BCUT2D eigenvalue weighted by Crippen LogP contribution is 2.25. The van der Waals surface area contributed by atoms with Gasteiger partial charge in [-0.3, -0.25) is 9.59 Å². The van der Waals surface area contributed by atoms with Gasteiger partial charge in [0.15, 0.2) is 0 Å². The molecule has 3 aromatic rings. The Morgan fingerprint density at radius 1 is 1.12 bits per heavy atom. The van der Waals surface area contributed by atoms with Gasteiger partial charge in [0, 0.05) is 29.4 Å². The zero-order chi connectivity index (χ0) is 17.9. The Balaban J connectivity index is 1.44. The third-order valence-electron chi connectivity index (χ3n) is 4.38. The molecule has 1 fully saturated rings. The molecule has 1 saturated heterocycles. The molecule has 1 atom stereocenters. The summed E-state index contributed by atoms with van der Waals surface area (Å²) in [6.45, 7) is 0.623. The zero-order valence-corrected chi connectivity index (χ0v) is 15.6. The molecule has 1 aliphatic rings. The van der Waals surface area contributed by atoms with Crippen LogP contribution in [0.4, 0.5) is 5.69 Å². The fourth-order valence-electron chi connectivity index (χ4n) is 3.11. The number of thiazole rings is 1. The molecule has 2 amide bonds. The van der Waals surface area contributed by atoms with Crippen LogP contribution in [0.5, 0.6) is 0 Å². The summed E-state index contributed by atoms with van der Waals surface area (Å²) in [5.74, 6) is -0.189. The maximum Gasteiger partial charge on any atom is 0.264 e. The first-order chi connectivity index (χ1) is 12.7. The number of anilines is 1. The number of carbonyl (C=O) groups is 2. The number of rotatable bonds is 4. The largest absolute Gasteiger partial charge is 0.326 e. The van der Waals surface area contributed by atoms with Crippen molar-refractivity contribution < 1.29 is 9.59 Å². The van der Waals surface area contributed by atoms with Crippen LogP contribution in [-0.2, 0) is 4.79 Å². The standard InChI is InChI=1S/C19H17N3O2S2/c23-17(15-3-1-10-22(15)19(24)16-4-2-11-25-16)21-14-7-5-13(6-8-14)18-20-9-12-26-18/h2,4-9,11-12,15H,1,3,10H2,(H,21,23). The lowest BCUT2D eigenvalue weighted by Crippen LogP contribution is -2.42. The van der Waals surface area contributed by atoms with Crippen LogP contribution in [0.25, 0.3) is 10.6 Å². The molecule has 0 spiro atoms. The first-order valence-electron chi connectivity index (χ1n) is 8.37. The van der Waals surface area contributed by atoms with Gasteiger partial charge in [0.2, 0.25) is 5.91 Å². The van der Waals surface area contributed by atoms with E-state index in [1.54, 1.807) is 28.5 Å². The van der Waals surface area contributed by atoms with Gasteiger partial charge < -0.3 is 10.2 Å². The van der Waals surface area contributed by atoms with Crippen molar-refractivity contribution in [1.82, 2.24) is 9.88 Å². The summed E-state index contributed by atoms with van der Waals surface area (Å²) < 4.78 is 0. The second kappa shape index (κ2) is 7.39. The van der Waals surface area contributed by atoms with Crippen molar-refractivity contribution in [3.8, 4) is 10.6 Å². The molecule has 1 aromatic carbocycles. The quantitative estimate of drug-likeness (QED) is 0.737. The van der Waals surface area contributed by atoms with E-state index in [0.29, 0.717) is 17.8 Å². The van der Waals surface area contributed by atoms with Crippen molar-refractivity contribution in [1.29, 1.82) is 0 Å². The third-order valence-corrected chi connectivity index (χ3v) is 6.06. The minimum atomic E-state index is -0.414. The van der Waals surface area contributed by atoms with Gasteiger partial charge in [0.05, 0.1) is 4.88 Å². The highest BCUT2D eigenvalue weighted by Gasteiger charge is 2.34. The summed E-state index contributed by atoms with van der Waals surface area (Å²) in [6.07, 6.45) is 3.31. The van der Waals surface area contributed by atoms with E-state index < -0.39 is 6.04 Å². The number of hydrogen-bond acceptors (Lipinski definition) is 5. The predicted octanol–water partition coefficient (Wildman–Crippen LogP) is 4.11. The summed E-state index contributed by atoms with van der Waals surface area (Å²) in [5.41, 5.74) is 1.75. The van der Waals surface area contributed by atoms with Crippen LogP contribution < -0.4 is 5.32 Å². The number of nitrogens with zero attached hydrogens (tertiary/aromatic N) is 2. The van der Waals surface area contributed by atoms with E-state index in [1.807, 2.05) is 41.1 Å². The van der Waals surface area contributed by atoms with Crippen molar-refractivity contribution in [3.63, 3.8) is 0 Å². The highest BCUT2D eigenvalue weighted by atomic mass is 32.1. The molecule has 26 heavy (non-hydrogen) atoms. The second-order valence-electron chi connectivity index (χ2n) is 6.04. The molecule has 0 aliphatic carbocycles. The van der Waals surface area contributed by atoms with Gasteiger partial charge in [0.1, 0.15) is 11.0 Å². The maximum atomic E-state index is 12.7. The van der Waals surface area contributed by atoms with Crippen molar-refractivity contribution >= 4 is 40.2 Å². The van der Waals surface area contributed by atoms with Gasteiger partial charge in [-0.2, -0.15) is 0 Å². The average Bonchev–Trinajstić information content (AvgIpc) is 3.44. The normalized spacial score (nSPS) is 16.6. The topological polar surface area (TPSA) is 62.3 Å². The van der Waals surface area contributed by atoms with Gasteiger partial charge in [-0.1, -0.05) is 6.07 Å². The Labute approximate surface area is 159 Å². The third kappa shape index (κ3) is 3.40. The Morgan fingerprint density at radius 2 is 1.96 bits per heavy atom. The van der Waals surface area contributed by atoms with Crippen LogP contribution in [0.1, 0.15) is 22.5 Å². The average molecular weight is 383 g/mol. The van der Waals surface area contributed by atoms with E-state index in [0.717, 1.165) is 22.7 Å². The molecule has 1 aliphatic heterocycles. The number of benzene rings is 1. The first kappa shape index (κ1) is 16.9. The van der Waals surface area contributed by atoms with Crippen LogP contribution >= 0.6 is 22.7 Å². The van der Waals surface area contributed by atoms with Crippen LogP contribution in [-0.4, -0.2) is 34.3 Å². The van der Waals surface area contributed by atoms with E-state index >= 15 is 0 Å². The minimum Gasteiger partial charge on any atom is -0.326 e. The van der Waals surface area contributed by atoms with Crippen molar-refractivity contribution in [3.05, 3.63) is 58.2 Å². The molecule has 4 rings (SSSR count). The molecular formula is C19H17N3O2S2. The van der Waals surface area contributed by atoms with Gasteiger partial charge in [-0.05, 0) is 48.6 Å². The first-order valence-corrected chi connectivity index (χ1v) is 10.1. The van der Waals surface area contributed by atoms with E-state index in [9.17, 15) is 9.59 Å². The Bertz CT molecular complexity index is 890. The Kier molecular flexibility index (Phi) is 4.81. The van der Waals surface area contributed by atoms with E-state index in [2.05, 4.69) is 10.3 Å². The molecule has 1 N–H and O–H groups in total. The number of likely N-dealkylation sites (tertiary alicyclic amines) is 1. The van der Waals surface area contributed by atoms with E-state index in [1.165, 1.54) is 11.3 Å². The summed E-state index contributed by atoms with van der Waals surface area (Å²) >= 11 is 2.98. The number of amides is 2. The lowest BCUT2D eigenvalue weighted by Gasteiger charge is -2.23. The van der Waals surface area contributed by atoms with Crippen molar-refractivity contribution in [2.45, 2.75) is 18.9 Å². The highest BCUT2D eigenvalue weighted by molar-refractivity contribution is 7.13. The van der Waals surface area contributed by atoms with E-state index in [-0.39, 0.29) is 11.8 Å². The van der Waals surface area contributed by atoms with Crippen LogP contribution in [0.15, 0.2) is 53.4 Å². The number of hydrogen-bond donors (Lipinski definition) is 1. The van der Waals surface area contributed by atoms with Gasteiger partial charge >= 0.3 is 0 Å². The Hall–Kier alpha value is -2.51. The molecule has 5 nitrogen and oxygen atoms in total. The molecule has 1 unspecified atom stereocenters. The molecular weight excluding hydrogens is 366 g/mol. The monoisotopic (exact) mass is 383 g/mol. The van der Waals surface area contributed by atoms with E-state index in [4.69, 9.17) is 0 Å². The SMILES string of the molecule is O=C(Nc1ccc(-c2nccs2)cc1)C1CCCN1C(=O)c1cccs1. The Morgan fingerprint density at radius 3 is 2.65 bits per heavy atom. The predicted molar refractivity (Wildman–Crippen MR) is 105 cm³/mol. The van der Waals surface area contributed by atoms with Gasteiger partial charge in [0.25, 0.3) is 5.91 Å². The number of nitrogens with one attached hydrogen (secondary N) is 1. The summed E-state index contributed by atoms with van der Waals surface area (Å²) in [4.78, 5) is 31.9. The molecule has 2 aromatic heterocycles. The molecule has 132 valence electrons. The molecule has 0 bridgehead atoms. The lowest BCUT2D eigenvalue weighted by molar-refractivity contribution is -0.119. The summed E-state index contributed by atoms with van der Waals surface area (Å²) in [7, 11) is 0. The molecule has 0 radical (unpaired) electrons. The molecule has 3 heterocycles. The van der Waals surface area contributed by atoms with Crippen LogP contribution in [0.3, 0.4) is 0 Å². The fourth-order valence-corrected chi connectivity index (χ4v) is 4.44. The maximum absolute atomic E-state index is 12.7. The van der Waals surface area contributed by atoms with Gasteiger partial charge in [-0.15, -0.1) is 22.7 Å². The number of thiophene rings is 1. The fraction of sp³-hybridized carbons (Fsp3) is 0.211. The summed E-state index contributed by atoms with van der Waals surface area (Å²) in [5, 5.41) is 7.70. The van der Waals surface area contributed by atoms with Gasteiger partial charge in [-0.25, -0.2) is 4.98 Å². The number of carbonyl (C=O) groups excluding carboxylic acids is 2. The molecule has 7 heteroatoms. The minimum absolute atomic E-state index is 0.0585. The van der Waals surface area contributed by atoms with Crippen LogP contribution in [0.2, 0.25) is 0 Å². The second-order valence-corrected chi connectivity index (χ2v) is 7.88. The number of aromatic nitrogens is 1. The van der Waals surface area contributed by atoms with Crippen molar-refractivity contribution in [2.24, 2.45) is 0 Å². The van der Waals surface area contributed by atoms with Crippen molar-refractivity contribution in [2.75, 3.05) is 11.9 Å². The summed E-state index contributed by atoms with van der Waals surface area (Å²) in [6, 6.07) is 10.9. The smallest absolute Gasteiger partial charge is 0.264 e. The molecule has 0 saturated carbocycles. The zero-order valence-electron chi connectivity index (χ0n) is 13.9. The van der Waals surface area contributed by atoms with Crippen LogP contribution in [0, 0.1) is 0 Å².